The third-order valence-corrected chi connectivity index (χ3v) is 3.74. The van der Waals surface area contributed by atoms with Crippen LogP contribution in [0.2, 0.25) is 10.0 Å². The molecule has 0 saturated carbocycles. The Balaban J connectivity index is 2.19. The van der Waals surface area contributed by atoms with Crippen molar-refractivity contribution in [3.63, 3.8) is 0 Å². The van der Waals surface area contributed by atoms with Gasteiger partial charge in [0.15, 0.2) is 10.6 Å². The zero-order chi connectivity index (χ0) is 14.9. The first-order chi connectivity index (χ1) is 9.40. The first kappa shape index (κ1) is 15.0. The van der Waals surface area contributed by atoms with Crippen LogP contribution in [0.1, 0.15) is 29.1 Å². The fourth-order valence-electron chi connectivity index (χ4n) is 1.76. The number of hydrogen-bond acceptors (Lipinski definition) is 3. The van der Waals surface area contributed by atoms with E-state index in [1.165, 1.54) is 6.07 Å². The van der Waals surface area contributed by atoms with Gasteiger partial charge in [-0.1, -0.05) is 23.2 Å². The largest absolute Gasteiger partial charge is 0.342 e. The van der Waals surface area contributed by atoms with E-state index in [2.05, 4.69) is 15.5 Å². The van der Waals surface area contributed by atoms with E-state index in [1.54, 1.807) is 23.7 Å². The number of benzene rings is 1. The van der Waals surface area contributed by atoms with Gasteiger partial charge in [-0.05, 0) is 37.3 Å². The third kappa shape index (κ3) is 3.03. The molecule has 0 radical (unpaired) electrons. The summed E-state index contributed by atoms with van der Waals surface area (Å²) in [6.45, 7) is 1.81. The molecule has 20 heavy (non-hydrogen) atoms. The van der Waals surface area contributed by atoms with E-state index in [1.807, 2.05) is 6.92 Å². The van der Waals surface area contributed by atoms with Crippen molar-refractivity contribution in [2.24, 2.45) is 7.05 Å². The summed E-state index contributed by atoms with van der Waals surface area (Å²) in [5.41, 5.74) is 0.361. The predicted octanol–water partition coefficient (Wildman–Crippen LogP) is 3.28. The molecule has 0 saturated heterocycles. The molecule has 0 aliphatic rings. The number of rotatable bonds is 3. The van der Waals surface area contributed by atoms with Crippen LogP contribution >= 0.6 is 35.4 Å². The minimum Gasteiger partial charge on any atom is -0.342 e. The number of H-pyrrole nitrogens is 1. The molecule has 0 fully saturated rings. The molecule has 8 heteroatoms. The van der Waals surface area contributed by atoms with Crippen LogP contribution in [0.5, 0.6) is 0 Å². The first-order valence-electron chi connectivity index (χ1n) is 5.77. The summed E-state index contributed by atoms with van der Waals surface area (Å²) in [6.07, 6.45) is 0. The number of aromatic nitrogens is 3. The smallest absolute Gasteiger partial charge is 0.253 e. The highest BCUT2D eigenvalue weighted by Gasteiger charge is 2.17. The molecule has 2 aromatic rings. The Labute approximate surface area is 130 Å². The Hall–Kier alpha value is -1.37. The summed E-state index contributed by atoms with van der Waals surface area (Å²) < 4.78 is 2.19. The monoisotopic (exact) mass is 330 g/mol. The van der Waals surface area contributed by atoms with Crippen LogP contribution in [0.25, 0.3) is 0 Å². The van der Waals surface area contributed by atoms with Crippen molar-refractivity contribution in [2.75, 3.05) is 0 Å². The van der Waals surface area contributed by atoms with E-state index in [0.717, 1.165) is 0 Å². The van der Waals surface area contributed by atoms with Gasteiger partial charge in [-0.15, -0.1) is 0 Å². The maximum atomic E-state index is 12.2. The lowest BCUT2D eigenvalue weighted by atomic mass is 10.2. The van der Waals surface area contributed by atoms with Gasteiger partial charge in [0.05, 0.1) is 16.6 Å². The Morgan fingerprint density at radius 3 is 2.75 bits per heavy atom. The standard InChI is InChI=1S/C12H12Cl2N4OS/c1-6(10-16-17-12(20)18(10)2)15-11(19)8-4-3-7(13)5-9(8)14/h3-6H,1-2H3,(H,15,19)(H,17,20)/t6-/m1/s1. The average Bonchev–Trinajstić information content (AvgIpc) is 2.69. The normalized spacial score (nSPS) is 12.2. The lowest BCUT2D eigenvalue weighted by molar-refractivity contribution is 0.0938. The third-order valence-electron chi connectivity index (χ3n) is 2.83. The maximum absolute atomic E-state index is 12.2. The minimum absolute atomic E-state index is 0.298. The molecule has 0 unspecified atom stereocenters. The highest BCUT2D eigenvalue weighted by molar-refractivity contribution is 7.71. The van der Waals surface area contributed by atoms with Crippen LogP contribution < -0.4 is 5.32 Å². The summed E-state index contributed by atoms with van der Waals surface area (Å²) in [6, 6.07) is 4.41. The summed E-state index contributed by atoms with van der Waals surface area (Å²) in [7, 11) is 1.78. The van der Waals surface area contributed by atoms with Crippen molar-refractivity contribution in [1.29, 1.82) is 0 Å². The molecule has 106 valence electrons. The molecular formula is C12H12Cl2N4OS. The van der Waals surface area contributed by atoms with Crippen molar-refractivity contribution in [3.8, 4) is 0 Å². The highest BCUT2D eigenvalue weighted by Crippen LogP contribution is 2.21. The summed E-state index contributed by atoms with van der Waals surface area (Å²) in [5.74, 6) is 0.335. The number of hydrogen-bond donors (Lipinski definition) is 2. The molecule has 1 aromatic carbocycles. The second-order valence-electron chi connectivity index (χ2n) is 4.27. The van der Waals surface area contributed by atoms with Gasteiger partial charge in [-0.25, -0.2) is 0 Å². The minimum atomic E-state index is -0.313. The molecule has 1 amide bonds. The van der Waals surface area contributed by atoms with E-state index in [-0.39, 0.29) is 11.9 Å². The van der Waals surface area contributed by atoms with Gasteiger partial charge >= 0.3 is 0 Å². The summed E-state index contributed by atoms with van der Waals surface area (Å²) >= 11 is 16.8. The first-order valence-corrected chi connectivity index (χ1v) is 6.93. The van der Waals surface area contributed by atoms with Crippen molar-refractivity contribution in [1.82, 2.24) is 20.1 Å². The molecule has 0 aliphatic carbocycles. The number of halogens is 2. The SMILES string of the molecule is C[C@@H](NC(=O)c1ccc(Cl)cc1Cl)c1n[nH]c(=S)n1C. The van der Waals surface area contributed by atoms with E-state index < -0.39 is 0 Å². The van der Waals surface area contributed by atoms with Gasteiger partial charge in [-0.2, -0.15) is 5.10 Å². The second-order valence-corrected chi connectivity index (χ2v) is 5.50. The van der Waals surface area contributed by atoms with Gasteiger partial charge in [0, 0.05) is 12.1 Å². The number of nitrogens with one attached hydrogen (secondary N) is 2. The maximum Gasteiger partial charge on any atom is 0.253 e. The van der Waals surface area contributed by atoms with Crippen LogP contribution in [-0.2, 0) is 7.05 Å². The molecular weight excluding hydrogens is 319 g/mol. The van der Waals surface area contributed by atoms with Gasteiger partial charge in [-0.3, -0.25) is 9.89 Å². The van der Waals surface area contributed by atoms with Crippen LogP contribution in [-0.4, -0.2) is 20.7 Å². The molecule has 1 heterocycles. The molecule has 0 bridgehead atoms. The average molecular weight is 331 g/mol. The fraction of sp³-hybridized carbons (Fsp3) is 0.250. The second kappa shape index (κ2) is 5.95. The van der Waals surface area contributed by atoms with Crippen LogP contribution in [0.15, 0.2) is 18.2 Å². The number of carbonyl (C=O) groups is 1. The Kier molecular flexibility index (Phi) is 4.47. The predicted molar refractivity (Wildman–Crippen MR) is 80.7 cm³/mol. The van der Waals surface area contributed by atoms with E-state index >= 15 is 0 Å². The topological polar surface area (TPSA) is 62.7 Å². The van der Waals surface area contributed by atoms with Crippen molar-refractivity contribution >= 4 is 41.3 Å². The van der Waals surface area contributed by atoms with Crippen LogP contribution in [0.4, 0.5) is 0 Å². The zero-order valence-corrected chi connectivity index (χ0v) is 13.1. The number of aromatic amines is 1. The lowest BCUT2D eigenvalue weighted by Gasteiger charge is -2.13. The molecule has 1 aromatic heterocycles. The van der Waals surface area contributed by atoms with Gasteiger partial charge in [0.1, 0.15) is 0 Å². The van der Waals surface area contributed by atoms with Crippen molar-refractivity contribution in [2.45, 2.75) is 13.0 Å². The number of nitrogens with zero attached hydrogens (tertiary/aromatic N) is 2. The van der Waals surface area contributed by atoms with Crippen LogP contribution in [0, 0.1) is 4.77 Å². The lowest BCUT2D eigenvalue weighted by Crippen LogP contribution is -2.28. The molecule has 1 atom stereocenters. The Morgan fingerprint density at radius 2 is 2.20 bits per heavy atom. The fourth-order valence-corrected chi connectivity index (χ4v) is 2.39. The van der Waals surface area contributed by atoms with Crippen molar-refractivity contribution < 1.29 is 4.79 Å². The molecule has 5 nitrogen and oxygen atoms in total. The summed E-state index contributed by atoms with van der Waals surface area (Å²) in [4.78, 5) is 12.2. The number of carbonyl (C=O) groups excluding carboxylic acids is 1. The van der Waals surface area contributed by atoms with Gasteiger partial charge in [0.25, 0.3) is 5.91 Å². The molecule has 2 rings (SSSR count). The van der Waals surface area contributed by atoms with E-state index in [4.69, 9.17) is 35.4 Å². The quantitative estimate of drug-likeness (QED) is 0.849. The van der Waals surface area contributed by atoms with Crippen molar-refractivity contribution in [3.05, 3.63) is 44.4 Å². The van der Waals surface area contributed by atoms with E-state index in [9.17, 15) is 4.79 Å². The van der Waals surface area contributed by atoms with E-state index in [0.29, 0.717) is 26.2 Å². The molecule has 0 aliphatic heterocycles. The number of amides is 1. The summed E-state index contributed by atoms with van der Waals surface area (Å²) in [5, 5.41) is 10.3. The molecule has 0 spiro atoms. The van der Waals surface area contributed by atoms with Gasteiger partial charge in [0.2, 0.25) is 0 Å². The van der Waals surface area contributed by atoms with Crippen LogP contribution in [0.3, 0.4) is 0 Å². The molecule has 2 N–H and O–H groups in total. The highest BCUT2D eigenvalue weighted by atomic mass is 35.5. The Bertz CT molecular complexity index is 710. The zero-order valence-electron chi connectivity index (χ0n) is 10.8. The van der Waals surface area contributed by atoms with Gasteiger partial charge < -0.3 is 9.88 Å². The Morgan fingerprint density at radius 1 is 1.50 bits per heavy atom.